The van der Waals surface area contributed by atoms with Crippen molar-refractivity contribution < 1.29 is 19.1 Å². The first-order valence-electron chi connectivity index (χ1n) is 8.43. The number of carbonyl (C=O) groups excluding carboxylic acids is 3. The summed E-state index contributed by atoms with van der Waals surface area (Å²) in [6.45, 7) is 2.75. The number of nitrogens with one attached hydrogen (secondary N) is 1. The Morgan fingerprint density at radius 2 is 2.08 bits per heavy atom. The number of likely N-dealkylation sites (tertiary alicyclic amines) is 1. The van der Waals surface area contributed by atoms with Gasteiger partial charge in [0.15, 0.2) is 0 Å². The maximum Gasteiger partial charge on any atom is 0.337 e. The van der Waals surface area contributed by atoms with Gasteiger partial charge in [0.05, 0.1) is 23.4 Å². The van der Waals surface area contributed by atoms with Crippen LogP contribution in [0.5, 0.6) is 0 Å². The van der Waals surface area contributed by atoms with Gasteiger partial charge in [-0.1, -0.05) is 18.5 Å². The Morgan fingerprint density at radius 3 is 2.76 bits per heavy atom. The Hall–Kier alpha value is -2.08. The molecule has 1 aliphatic heterocycles. The lowest BCUT2D eigenvalue weighted by Crippen LogP contribution is -2.44. The predicted octanol–water partition coefficient (Wildman–Crippen LogP) is 3.25. The second kappa shape index (κ2) is 8.85. The van der Waals surface area contributed by atoms with Crippen LogP contribution in [0.2, 0.25) is 5.02 Å². The number of amides is 2. The van der Waals surface area contributed by atoms with Gasteiger partial charge in [0, 0.05) is 12.6 Å². The molecular formula is C18H23ClN2O4. The minimum absolute atomic E-state index is 0.177. The van der Waals surface area contributed by atoms with Crippen molar-refractivity contribution in [3.05, 3.63) is 28.8 Å². The van der Waals surface area contributed by atoms with Gasteiger partial charge in [0.25, 0.3) is 0 Å². The van der Waals surface area contributed by atoms with Crippen LogP contribution >= 0.6 is 11.6 Å². The van der Waals surface area contributed by atoms with Crippen molar-refractivity contribution in [1.82, 2.24) is 4.90 Å². The molecule has 0 aliphatic carbocycles. The summed E-state index contributed by atoms with van der Waals surface area (Å²) < 4.78 is 4.65. The van der Waals surface area contributed by atoms with Crippen molar-refractivity contribution in [2.75, 3.05) is 19.0 Å². The van der Waals surface area contributed by atoms with Gasteiger partial charge in [-0.3, -0.25) is 9.59 Å². The molecule has 2 amide bonds. The molecule has 2 rings (SSSR count). The summed E-state index contributed by atoms with van der Waals surface area (Å²) in [6, 6.07) is 4.66. The van der Waals surface area contributed by atoms with E-state index >= 15 is 0 Å². The molecule has 1 atom stereocenters. The van der Waals surface area contributed by atoms with Crippen molar-refractivity contribution in [2.24, 2.45) is 0 Å². The van der Waals surface area contributed by atoms with Crippen molar-refractivity contribution in [3.8, 4) is 0 Å². The number of carbonyl (C=O) groups is 3. The van der Waals surface area contributed by atoms with E-state index in [2.05, 4.69) is 17.0 Å². The summed E-state index contributed by atoms with van der Waals surface area (Å²) in [4.78, 5) is 38.0. The number of nitrogens with zero attached hydrogens (tertiary/aromatic N) is 1. The number of piperidine rings is 1. The Morgan fingerprint density at radius 1 is 1.32 bits per heavy atom. The molecule has 0 bridgehead atoms. The van der Waals surface area contributed by atoms with Crippen LogP contribution in [0, 0.1) is 0 Å². The lowest BCUT2D eigenvalue weighted by molar-refractivity contribution is -0.137. The van der Waals surface area contributed by atoms with Crippen molar-refractivity contribution in [3.63, 3.8) is 0 Å². The van der Waals surface area contributed by atoms with Crippen LogP contribution in [0.3, 0.4) is 0 Å². The molecule has 0 saturated carbocycles. The fourth-order valence-corrected chi connectivity index (χ4v) is 3.22. The van der Waals surface area contributed by atoms with E-state index in [4.69, 9.17) is 11.6 Å². The highest BCUT2D eigenvalue weighted by Gasteiger charge is 2.26. The van der Waals surface area contributed by atoms with Gasteiger partial charge >= 0.3 is 5.97 Å². The lowest BCUT2D eigenvalue weighted by Gasteiger charge is -2.35. The topological polar surface area (TPSA) is 75.7 Å². The van der Waals surface area contributed by atoms with E-state index in [1.165, 1.54) is 25.3 Å². The summed E-state index contributed by atoms with van der Waals surface area (Å²) in [7, 11) is 1.27. The molecule has 7 heteroatoms. The van der Waals surface area contributed by atoms with E-state index in [0.29, 0.717) is 6.54 Å². The molecule has 1 heterocycles. The van der Waals surface area contributed by atoms with E-state index in [0.717, 1.165) is 25.7 Å². The third-order valence-electron chi connectivity index (χ3n) is 4.39. The van der Waals surface area contributed by atoms with Crippen LogP contribution in [-0.4, -0.2) is 42.4 Å². The summed E-state index contributed by atoms with van der Waals surface area (Å²) in [5, 5.41) is 2.90. The molecule has 1 unspecified atom stereocenters. The molecule has 1 fully saturated rings. The van der Waals surface area contributed by atoms with E-state index in [1.807, 2.05) is 0 Å². The van der Waals surface area contributed by atoms with Gasteiger partial charge in [-0.2, -0.15) is 0 Å². The molecule has 25 heavy (non-hydrogen) atoms. The van der Waals surface area contributed by atoms with Crippen molar-refractivity contribution in [2.45, 2.75) is 45.1 Å². The molecule has 1 N–H and O–H groups in total. The SMILES string of the molecule is CCC1CCCCN1C(=O)CC(=O)Nc1cc(C(=O)OC)ccc1Cl. The zero-order valence-corrected chi connectivity index (χ0v) is 15.3. The van der Waals surface area contributed by atoms with Gasteiger partial charge in [-0.05, 0) is 43.9 Å². The number of methoxy groups -OCH3 is 1. The quantitative estimate of drug-likeness (QED) is 0.641. The Labute approximate surface area is 152 Å². The second-order valence-corrected chi connectivity index (χ2v) is 6.46. The summed E-state index contributed by atoms with van der Waals surface area (Å²) >= 11 is 6.06. The monoisotopic (exact) mass is 366 g/mol. The van der Waals surface area contributed by atoms with E-state index in [1.54, 1.807) is 4.90 Å². The highest BCUT2D eigenvalue weighted by Crippen LogP contribution is 2.24. The molecule has 1 aromatic carbocycles. The van der Waals surface area contributed by atoms with Crippen LogP contribution in [0.15, 0.2) is 18.2 Å². The number of esters is 1. The van der Waals surface area contributed by atoms with E-state index in [-0.39, 0.29) is 34.6 Å². The van der Waals surface area contributed by atoms with Gasteiger partial charge in [-0.15, -0.1) is 0 Å². The first-order valence-corrected chi connectivity index (χ1v) is 8.81. The average molecular weight is 367 g/mol. The Balaban J connectivity index is 2.02. The Kier molecular flexibility index (Phi) is 6.82. The van der Waals surface area contributed by atoms with Crippen LogP contribution in [0.25, 0.3) is 0 Å². The number of benzene rings is 1. The highest BCUT2D eigenvalue weighted by atomic mass is 35.5. The minimum Gasteiger partial charge on any atom is -0.465 e. The van der Waals surface area contributed by atoms with Crippen molar-refractivity contribution in [1.29, 1.82) is 0 Å². The van der Waals surface area contributed by atoms with Crippen LogP contribution in [0.4, 0.5) is 5.69 Å². The number of anilines is 1. The lowest BCUT2D eigenvalue weighted by atomic mass is 9.99. The van der Waals surface area contributed by atoms with Gasteiger partial charge in [0.2, 0.25) is 11.8 Å². The molecule has 1 saturated heterocycles. The normalized spacial score (nSPS) is 17.1. The average Bonchev–Trinajstić information content (AvgIpc) is 2.62. The molecular weight excluding hydrogens is 344 g/mol. The predicted molar refractivity (Wildman–Crippen MR) is 95.7 cm³/mol. The Bertz CT molecular complexity index is 662. The third-order valence-corrected chi connectivity index (χ3v) is 4.72. The van der Waals surface area contributed by atoms with Gasteiger partial charge < -0.3 is 15.0 Å². The first-order chi connectivity index (χ1) is 12.0. The smallest absolute Gasteiger partial charge is 0.337 e. The maximum absolute atomic E-state index is 12.4. The van der Waals surface area contributed by atoms with Crippen LogP contribution in [-0.2, 0) is 14.3 Å². The van der Waals surface area contributed by atoms with Gasteiger partial charge in [-0.25, -0.2) is 4.79 Å². The van der Waals surface area contributed by atoms with Crippen molar-refractivity contribution >= 4 is 35.1 Å². The van der Waals surface area contributed by atoms with E-state index in [9.17, 15) is 14.4 Å². The molecule has 6 nitrogen and oxygen atoms in total. The van der Waals surface area contributed by atoms with Gasteiger partial charge in [0.1, 0.15) is 6.42 Å². The summed E-state index contributed by atoms with van der Waals surface area (Å²) in [5.74, 6) is -1.15. The number of hydrogen-bond acceptors (Lipinski definition) is 4. The fraction of sp³-hybridized carbons (Fsp3) is 0.500. The number of rotatable bonds is 5. The molecule has 0 aromatic heterocycles. The summed E-state index contributed by atoms with van der Waals surface area (Å²) in [5.41, 5.74) is 0.559. The molecule has 1 aliphatic rings. The molecule has 0 radical (unpaired) electrons. The summed E-state index contributed by atoms with van der Waals surface area (Å²) in [6.07, 6.45) is 3.72. The fourth-order valence-electron chi connectivity index (χ4n) is 3.05. The molecule has 1 aromatic rings. The first kappa shape index (κ1) is 19.2. The number of halogens is 1. The maximum atomic E-state index is 12.4. The van der Waals surface area contributed by atoms with Crippen LogP contribution in [0.1, 0.15) is 49.4 Å². The zero-order valence-electron chi connectivity index (χ0n) is 14.5. The minimum atomic E-state index is -0.526. The number of ether oxygens (including phenoxy) is 1. The highest BCUT2D eigenvalue weighted by molar-refractivity contribution is 6.34. The van der Waals surface area contributed by atoms with E-state index < -0.39 is 11.9 Å². The zero-order chi connectivity index (χ0) is 18.4. The molecule has 0 spiro atoms. The second-order valence-electron chi connectivity index (χ2n) is 6.06. The number of hydrogen-bond donors (Lipinski definition) is 1. The van der Waals surface area contributed by atoms with Crippen LogP contribution < -0.4 is 5.32 Å². The third kappa shape index (κ3) is 4.95. The largest absolute Gasteiger partial charge is 0.465 e. The standard InChI is InChI=1S/C18H23ClN2O4/c1-3-13-6-4-5-9-21(13)17(23)11-16(22)20-15-10-12(18(24)25-2)7-8-14(15)19/h7-8,10,13H,3-6,9,11H2,1-2H3,(H,20,22). The molecule has 136 valence electrons.